The van der Waals surface area contributed by atoms with Gasteiger partial charge in [0.1, 0.15) is 0 Å². The minimum Gasteiger partial charge on any atom is -0.328 e. The molecule has 0 aromatic heterocycles. The van der Waals surface area contributed by atoms with Crippen molar-refractivity contribution in [1.29, 1.82) is 0 Å². The molecule has 2 rings (SSSR count). The van der Waals surface area contributed by atoms with Gasteiger partial charge < -0.3 is 14.2 Å². The third-order valence-electron chi connectivity index (χ3n) is 6.47. The fraction of sp³-hybridized carbons (Fsp3) is 0.625. The maximum atomic E-state index is 5.82. The molecule has 0 saturated carbocycles. The lowest BCUT2D eigenvalue weighted by molar-refractivity contribution is -0.380. The first-order chi connectivity index (χ1) is 19.2. The van der Waals surface area contributed by atoms with Crippen LogP contribution in [-0.4, -0.2) is 31.5 Å². The van der Waals surface area contributed by atoms with Crippen LogP contribution in [0.1, 0.15) is 108 Å². The molecule has 0 bridgehead atoms. The van der Waals surface area contributed by atoms with Crippen LogP contribution < -0.4 is 0 Å². The summed E-state index contributed by atoms with van der Waals surface area (Å²) < 4.78 is 17.5. The summed E-state index contributed by atoms with van der Waals surface area (Å²) in [5, 5.41) is 0.374. The third kappa shape index (κ3) is 15.5. The Labute approximate surface area is 254 Å². The van der Waals surface area contributed by atoms with Crippen LogP contribution in [0.5, 0.6) is 0 Å². The van der Waals surface area contributed by atoms with Crippen LogP contribution >= 0.6 is 41.2 Å². The van der Waals surface area contributed by atoms with Gasteiger partial charge in [-0.05, 0) is 64.4 Å². The summed E-state index contributed by atoms with van der Waals surface area (Å²) in [5.74, 6) is 0.408. The van der Waals surface area contributed by atoms with Crippen LogP contribution in [0.25, 0.3) is 0 Å². The SMILES string of the molecule is CCOC(CCCCCCCCCCCCSSSSC(c1ccccc1)c1ccccc1)(OCC)OCC. The Hall–Kier alpha value is -0.280. The first-order valence-corrected chi connectivity index (χ1v) is 19.9. The van der Waals surface area contributed by atoms with Gasteiger partial charge in [0, 0.05) is 32.0 Å². The molecule has 0 amide bonds. The number of rotatable bonds is 25. The van der Waals surface area contributed by atoms with E-state index in [0.29, 0.717) is 25.1 Å². The molecule has 7 heteroatoms. The van der Waals surface area contributed by atoms with Crippen molar-refractivity contribution in [3.8, 4) is 0 Å². The second kappa shape index (κ2) is 23.3. The predicted molar refractivity (Wildman–Crippen MR) is 178 cm³/mol. The molecule has 0 spiro atoms. The Morgan fingerprint density at radius 3 is 1.46 bits per heavy atom. The Morgan fingerprint density at radius 2 is 1.00 bits per heavy atom. The van der Waals surface area contributed by atoms with Gasteiger partial charge >= 0.3 is 0 Å². The number of unbranched alkanes of at least 4 members (excludes halogenated alkanes) is 9. The zero-order chi connectivity index (χ0) is 27.9. The van der Waals surface area contributed by atoms with Gasteiger partial charge in [-0.15, -0.1) is 0 Å². The molecule has 0 unspecified atom stereocenters. The number of ether oxygens (including phenoxy) is 3. The smallest absolute Gasteiger partial charge is 0.282 e. The summed E-state index contributed by atoms with van der Waals surface area (Å²) in [6.45, 7) is 7.83. The van der Waals surface area contributed by atoms with E-state index < -0.39 is 5.97 Å². The molecular formula is C32H50O3S4. The second-order valence-corrected chi connectivity index (χ2v) is 15.7. The molecule has 220 valence electrons. The van der Waals surface area contributed by atoms with Crippen molar-refractivity contribution in [3.05, 3.63) is 71.8 Å². The second-order valence-electron chi connectivity index (χ2n) is 9.52. The zero-order valence-electron chi connectivity index (χ0n) is 24.3. The summed E-state index contributed by atoms with van der Waals surface area (Å²) in [5.41, 5.74) is 2.75. The van der Waals surface area contributed by atoms with Crippen molar-refractivity contribution in [1.82, 2.24) is 0 Å². The van der Waals surface area contributed by atoms with E-state index >= 15 is 0 Å². The highest BCUT2D eigenvalue weighted by Crippen LogP contribution is 2.51. The van der Waals surface area contributed by atoms with E-state index in [1.165, 1.54) is 74.7 Å². The van der Waals surface area contributed by atoms with Crippen LogP contribution in [-0.2, 0) is 14.2 Å². The highest BCUT2D eigenvalue weighted by atomic mass is 33.7. The Kier molecular flexibility index (Phi) is 20.9. The summed E-state index contributed by atoms with van der Waals surface area (Å²) in [4.78, 5) is 0. The predicted octanol–water partition coefficient (Wildman–Crippen LogP) is 11.5. The van der Waals surface area contributed by atoms with Crippen molar-refractivity contribution in [2.24, 2.45) is 0 Å². The Bertz CT molecular complexity index is 753. The Balaban J connectivity index is 1.44. The monoisotopic (exact) mass is 610 g/mol. The maximum Gasteiger partial charge on any atom is 0.282 e. The van der Waals surface area contributed by atoms with E-state index in [1.807, 2.05) is 62.0 Å². The quantitative estimate of drug-likeness (QED) is 0.0627. The first-order valence-electron chi connectivity index (χ1n) is 14.9. The molecule has 39 heavy (non-hydrogen) atoms. The van der Waals surface area contributed by atoms with Crippen molar-refractivity contribution >= 4 is 41.2 Å². The highest BCUT2D eigenvalue weighted by Gasteiger charge is 2.31. The van der Waals surface area contributed by atoms with Crippen LogP contribution in [0.15, 0.2) is 60.7 Å². The molecule has 0 radical (unpaired) electrons. The van der Waals surface area contributed by atoms with Gasteiger partial charge in [-0.25, -0.2) is 0 Å². The lowest BCUT2D eigenvalue weighted by Gasteiger charge is -2.32. The minimum atomic E-state index is -0.834. The topological polar surface area (TPSA) is 27.7 Å². The van der Waals surface area contributed by atoms with E-state index in [-0.39, 0.29) is 0 Å². The first kappa shape index (κ1) is 34.9. The molecule has 0 aliphatic carbocycles. The van der Waals surface area contributed by atoms with Gasteiger partial charge in [0.05, 0.1) is 5.25 Å². The van der Waals surface area contributed by atoms with Gasteiger partial charge in [0.15, 0.2) is 0 Å². The van der Waals surface area contributed by atoms with E-state index in [0.717, 1.165) is 12.8 Å². The summed E-state index contributed by atoms with van der Waals surface area (Å²) >= 11 is 0. The van der Waals surface area contributed by atoms with Crippen LogP contribution in [0.4, 0.5) is 0 Å². The highest BCUT2D eigenvalue weighted by molar-refractivity contribution is 9.26. The van der Waals surface area contributed by atoms with Gasteiger partial charge in [-0.3, -0.25) is 0 Å². The third-order valence-corrected chi connectivity index (χ3v) is 13.2. The number of benzene rings is 2. The van der Waals surface area contributed by atoms with Crippen LogP contribution in [0.3, 0.4) is 0 Å². The zero-order valence-corrected chi connectivity index (χ0v) is 27.6. The molecule has 3 nitrogen and oxygen atoms in total. The largest absolute Gasteiger partial charge is 0.328 e. The van der Waals surface area contributed by atoms with Crippen molar-refractivity contribution in [3.63, 3.8) is 0 Å². The fourth-order valence-corrected chi connectivity index (χ4v) is 11.2. The molecular weight excluding hydrogens is 561 g/mol. The molecule has 0 heterocycles. The van der Waals surface area contributed by atoms with Crippen molar-refractivity contribution in [2.45, 2.75) is 103 Å². The summed E-state index contributed by atoms with van der Waals surface area (Å²) in [7, 11) is 7.82. The average Bonchev–Trinajstić information content (AvgIpc) is 2.96. The van der Waals surface area contributed by atoms with Crippen LogP contribution in [0, 0.1) is 0 Å². The molecule has 0 saturated heterocycles. The van der Waals surface area contributed by atoms with Gasteiger partial charge in [-0.2, -0.15) is 0 Å². The van der Waals surface area contributed by atoms with Crippen LogP contribution in [0.2, 0.25) is 0 Å². The van der Waals surface area contributed by atoms with E-state index in [9.17, 15) is 0 Å². The summed E-state index contributed by atoms with van der Waals surface area (Å²) in [6.07, 6.45) is 13.9. The lowest BCUT2D eigenvalue weighted by Crippen LogP contribution is -2.39. The molecule has 0 N–H and O–H groups in total. The van der Waals surface area contributed by atoms with Gasteiger partial charge in [-0.1, -0.05) is 134 Å². The maximum absolute atomic E-state index is 5.82. The van der Waals surface area contributed by atoms with Gasteiger partial charge in [0.25, 0.3) is 5.97 Å². The Morgan fingerprint density at radius 1 is 0.564 bits per heavy atom. The average molecular weight is 611 g/mol. The van der Waals surface area contributed by atoms with Crippen molar-refractivity contribution in [2.75, 3.05) is 25.6 Å². The minimum absolute atomic E-state index is 0.374. The normalized spacial score (nSPS) is 11.9. The van der Waals surface area contributed by atoms with Gasteiger partial charge in [0.2, 0.25) is 0 Å². The van der Waals surface area contributed by atoms with E-state index in [4.69, 9.17) is 14.2 Å². The standard InChI is InChI=1S/C32H50O3S4/c1-4-33-32(34-5-2,35-6-3)27-21-13-11-9-7-8-10-12-14-22-28-36-38-39-37-31(29-23-17-15-18-24-29)30-25-19-16-20-26-30/h15-20,23-26,31H,4-14,21-22,27-28H2,1-3H3. The molecule has 2 aromatic carbocycles. The molecule has 0 aliphatic heterocycles. The number of hydrogen-bond acceptors (Lipinski definition) is 7. The lowest BCUT2D eigenvalue weighted by atomic mass is 10.0. The summed E-state index contributed by atoms with van der Waals surface area (Å²) in [6, 6.07) is 21.7. The molecule has 0 atom stereocenters. The van der Waals surface area contributed by atoms with E-state index in [2.05, 4.69) is 60.7 Å². The van der Waals surface area contributed by atoms with Crippen molar-refractivity contribution < 1.29 is 14.2 Å². The van der Waals surface area contributed by atoms with E-state index in [1.54, 1.807) is 0 Å². The molecule has 0 fully saturated rings. The molecule has 2 aromatic rings. The number of hydrogen-bond donors (Lipinski definition) is 0. The molecule has 0 aliphatic rings. The fourth-order valence-electron chi connectivity index (χ4n) is 4.59.